The van der Waals surface area contributed by atoms with E-state index in [0.29, 0.717) is 29.4 Å². The maximum absolute atomic E-state index is 13.9. The minimum atomic E-state index is -1.10. The van der Waals surface area contributed by atoms with E-state index in [9.17, 15) is 9.59 Å². The number of methoxy groups -OCH3 is 2. The summed E-state index contributed by atoms with van der Waals surface area (Å²) in [5, 5.41) is 6.26. The van der Waals surface area contributed by atoms with Crippen LogP contribution < -0.4 is 19.7 Å². The number of rotatable bonds is 5. The molecular weight excluding hydrogens is 426 g/mol. The Morgan fingerprint density at radius 2 is 1.88 bits per heavy atom. The normalized spacial score (nSPS) is 21.1. The van der Waals surface area contributed by atoms with Crippen molar-refractivity contribution >= 4 is 39.1 Å². The molecule has 168 valence electrons. The second kappa shape index (κ2) is 7.85. The van der Waals surface area contributed by atoms with Crippen LogP contribution in [-0.2, 0) is 11.3 Å². The highest BCUT2D eigenvalue weighted by atomic mass is 32.1. The molecule has 2 aromatic heterocycles. The fourth-order valence-electron chi connectivity index (χ4n) is 4.98. The molecule has 1 atom stereocenters. The van der Waals surface area contributed by atoms with Gasteiger partial charge in [-0.15, -0.1) is 11.3 Å². The smallest absolute Gasteiger partial charge is 0.275 e. The van der Waals surface area contributed by atoms with Crippen molar-refractivity contribution in [3.8, 4) is 11.5 Å². The standard InChI is InChI=1S/C24H27N3O4S/c1-24(23(29)25-16-6-4-5-7-16)14-26-18(12-15-10-11-32-22(15)26)21(28)27(24)17-8-9-19(30-2)20(13-17)31-3/h8-13,16H,4-7,14H2,1-3H3,(H,25,29)/t24-/m1/s1. The number of hydrogen-bond donors (Lipinski definition) is 1. The summed E-state index contributed by atoms with van der Waals surface area (Å²) < 4.78 is 12.8. The quantitative estimate of drug-likeness (QED) is 0.629. The van der Waals surface area contributed by atoms with Crippen molar-refractivity contribution in [2.75, 3.05) is 19.1 Å². The summed E-state index contributed by atoms with van der Waals surface area (Å²) in [5.74, 6) is 0.757. The molecule has 1 aliphatic heterocycles. The highest BCUT2D eigenvalue weighted by molar-refractivity contribution is 7.16. The molecule has 1 aliphatic carbocycles. The Hall–Kier alpha value is -3.00. The number of thiophene rings is 1. The molecule has 1 aromatic carbocycles. The average Bonchev–Trinajstić information content (AvgIpc) is 3.52. The van der Waals surface area contributed by atoms with E-state index in [2.05, 4.69) is 5.32 Å². The van der Waals surface area contributed by atoms with Crippen LogP contribution in [0.3, 0.4) is 0 Å². The average molecular weight is 454 g/mol. The zero-order chi connectivity index (χ0) is 22.5. The van der Waals surface area contributed by atoms with Crippen molar-refractivity contribution in [2.24, 2.45) is 0 Å². The predicted octanol–water partition coefficient (Wildman–Crippen LogP) is 4.20. The number of anilines is 1. The Labute approximate surface area is 190 Å². The van der Waals surface area contributed by atoms with Gasteiger partial charge in [0, 0.05) is 23.2 Å². The molecule has 2 aliphatic rings. The van der Waals surface area contributed by atoms with Crippen LogP contribution in [0.2, 0.25) is 0 Å². The molecule has 5 rings (SSSR count). The fraction of sp³-hybridized carbons (Fsp3) is 0.417. The number of nitrogens with zero attached hydrogens (tertiary/aromatic N) is 2. The lowest BCUT2D eigenvalue weighted by atomic mass is 9.93. The van der Waals surface area contributed by atoms with Crippen molar-refractivity contribution < 1.29 is 19.1 Å². The van der Waals surface area contributed by atoms with Gasteiger partial charge >= 0.3 is 0 Å². The lowest BCUT2D eigenvalue weighted by Gasteiger charge is -2.44. The lowest BCUT2D eigenvalue weighted by Crippen LogP contribution is -2.65. The SMILES string of the molecule is COc1ccc(N2C(=O)c3cc4ccsc4n3C[C@]2(C)C(=O)NC2CCCC2)cc1OC. The fourth-order valence-corrected chi connectivity index (χ4v) is 5.87. The maximum atomic E-state index is 13.9. The molecule has 3 aromatic rings. The Kier molecular flexibility index (Phi) is 5.12. The monoisotopic (exact) mass is 453 g/mol. The molecule has 0 bridgehead atoms. The number of benzene rings is 1. The maximum Gasteiger partial charge on any atom is 0.275 e. The number of carbonyl (C=O) groups excluding carboxylic acids is 2. The first kappa shape index (κ1) is 20.9. The van der Waals surface area contributed by atoms with E-state index in [1.807, 2.05) is 29.0 Å². The van der Waals surface area contributed by atoms with Gasteiger partial charge in [-0.3, -0.25) is 14.5 Å². The minimum Gasteiger partial charge on any atom is -0.493 e. The molecule has 0 radical (unpaired) electrons. The molecule has 1 N–H and O–H groups in total. The van der Waals surface area contributed by atoms with Gasteiger partial charge in [0.15, 0.2) is 11.5 Å². The van der Waals surface area contributed by atoms with Gasteiger partial charge in [-0.05, 0) is 49.4 Å². The van der Waals surface area contributed by atoms with Gasteiger partial charge in [0.2, 0.25) is 5.91 Å². The topological polar surface area (TPSA) is 72.8 Å². The molecule has 3 heterocycles. The van der Waals surface area contributed by atoms with Crippen molar-refractivity contribution in [1.82, 2.24) is 9.88 Å². The zero-order valence-corrected chi connectivity index (χ0v) is 19.3. The zero-order valence-electron chi connectivity index (χ0n) is 18.5. The number of nitrogens with one attached hydrogen (secondary N) is 1. The van der Waals surface area contributed by atoms with E-state index in [-0.39, 0.29) is 17.9 Å². The third-order valence-electron chi connectivity index (χ3n) is 6.69. The largest absolute Gasteiger partial charge is 0.493 e. The van der Waals surface area contributed by atoms with Gasteiger partial charge in [-0.25, -0.2) is 0 Å². The highest BCUT2D eigenvalue weighted by Gasteiger charge is 2.49. The van der Waals surface area contributed by atoms with E-state index >= 15 is 0 Å². The second-order valence-electron chi connectivity index (χ2n) is 8.71. The number of fused-ring (bicyclic) bond motifs is 3. The number of ether oxygens (including phenoxy) is 2. The molecule has 0 unspecified atom stereocenters. The van der Waals surface area contributed by atoms with Crippen LogP contribution in [0.4, 0.5) is 5.69 Å². The summed E-state index contributed by atoms with van der Waals surface area (Å²) in [6.07, 6.45) is 4.21. The molecular formula is C24H27N3O4S. The van der Waals surface area contributed by atoms with Crippen LogP contribution in [0, 0.1) is 0 Å². The van der Waals surface area contributed by atoms with Crippen LogP contribution in [0.1, 0.15) is 43.1 Å². The van der Waals surface area contributed by atoms with Crippen molar-refractivity contribution in [3.63, 3.8) is 0 Å². The van der Waals surface area contributed by atoms with Crippen molar-refractivity contribution in [3.05, 3.63) is 41.4 Å². The molecule has 0 spiro atoms. The number of aromatic nitrogens is 1. The molecule has 1 saturated carbocycles. The van der Waals surface area contributed by atoms with Crippen LogP contribution in [0.5, 0.6) is 11.5 Å². The Bertz CT molecular complexity index is 1190. The molecule has 2 amide bonds. The van der Waals surface area contributed by atoms with Crippen LogP contribution in [0.25, 0.3) is 10.2 Å². The second-order valence-corrected chi connectivity index (χ2v) is 9.60. The first-order valence-corrected chi connectivity index (χ1v) is 11.8. The lowest BCUT2D eigenvalue weighted by molar-refractivity contribution is -0.127. The summed E-state index contributed by atoms with van der Waals surface area (Å²) in [6.45, 7) is 2.24. The van der Waals surface area contributed by atoms with E-state index in [0.717, 1.165) is 35.9 Å². The van der Waals surface area contributed by atoms with E-state index < -0.39 is 5.54 Å². The number of carbonyl (C=O) groups is 2. The summed E-state index contributed by atoms with van der Waals surface area (Å²) >= 11 is 1.59. The molecule has 0 saturated heterocycles. The van der Waals surface area contributed by atoms with Crippen LogP contribution >= 0.6 is 11.3 Å². The number of hydrogen-bond acceptors (Lipinski definition) is 5. The molecule has 7 nitrogen and oxygen atoms in total. The van der Waals surface area contributed by atoms with Gasteiger partial charge in [0.1, 0.15) is 16.1 Å². The summed E-state index contributed by atoms with van der Waals surface area (Å²) in [7, 11) is 3.13. The van der Waals surface area contributed by atoms with Crippen molar-refractivity contribution in [1.29, 1.82) is 0 Å². The summed E-state index contributed by atoms with van der Waals surface area (Å²) in [4.78, 5) is 30.2. The number of amides is 2. The third-order valence-corrected chi connectivity index (χ3v) is 7.64. The summed E-state index contributed by atoms with van der Waals surface area (Å²) in [5.41, 5.74) is 0.0997. The highest BCUT2D eigenvalue weighted by Crippen LogP contribution is 2.40. The van der Waals surface area contributed by atoms with Crippen molar-refractivity contribution in [2.45, 2.75) is 50.7 Å². The van der Waals surface area contributed by atoms with Gasteiger partial charge < -0.3 is 19.4 Å². The molecule has 32 heavy (non-hydrogen) atoms. The first-order valence-electron chi connectivity index (χ1n) is 10.9. The summed E-state index contributed by atoms with van der Waals surface area (Å²) in [6, 6.07) is 9.42. The molecule has 8 heteroatoms. The molecule has 1 fully saturated rings. The first-order chi connectivity index (χ1) is 15.5. The van der Waals surface area contributed by atoms with Gasteiger partial charge in [-0.2, -0.15) is 0 Å². The minimum absolute atomic E-state index is 0.128. The van der Waals surface area contributed by atoms with Gasteiger partial charge in [0.05, 0.1) is 20.8 Å². The van der Waals surface area contributed by atoms with Gasteiger partial charge in [0.25, 0.3) is 5.91 Å². The van der Waals surface area contributed by atoms with E-state index in [1.54, 1.807) is 48.7 Å². The predicted molar refractivity (Wildman–Crippen MR) is 125 cm³/mol. The van der Waals surface area contributed by atoms with E-state index in [4.69, 9.17) is 9.47 Å². The van der Waals surface area contributed by atoms with Crippen LogP contribution in [0.15, 0.2) is 35.7 Å². The van der Waals surface area contributed by atoms with Crippen LogP contribution in [-0.4, -0.2) is 42.2 Å². The van der Waals surface area contributed by atoms with E-state index in [1.165, 1.54) is 0 Å². The Balaban J connectivity index is 1.63. The van der Waals surface area contributed by atoms with Gasteiger partial charge in [-0.1, -0.05) is 12.8 Å². The Morgan fingerprint density at radius 3 is 2.59 bits per heavy atom. The third kappa shape index (κ3) is 3.16. The Morgan fingerprint density at radius 1 is 1.12 bits per heavy atom.